The van der Waals surface area contributed by atoms with E-state index < -0.39 is 0 Å². The number of nitrogens with one attached hydrogen (secondary N) is 1. The van der Waals surface area contributed by atoms with Gasteiger partial charge in [-0.15, -0.1) is 0 Å². The largest absolute Gasteiger partial charge is 0.378 e. The number of hydrogen-bond acceptors (Lipinski definition) is 4. The molecule has 0 spiro atoms. The molecule has 1 heterocycles. The van der Waals surface area contributed by atoms with Crippen molar-refractivity contribution in [3.05, 3.63) is 26.3 Å². The molecule has 0 aliphatic heterocycles. The van der Waals surface area contributed by atoms with Crippen LogP contribution in [-0.4, -0.2) is 24.2 Å². The van der Waals surface area contributed by atoms with Crippen LogP contribution in [0.4, 0.5) is 0 Å². The smallest absolute Gasteiger partial charge is 0.265 e. The van der Waals surface area contributed by atoms with E-state index in [4.69, 9.17) is 9.47 Å². The maximum absolute atomic E-state index is 11.8. The van der Waals surface area contributed by atoms with Crippen molar-refractivity contribution in [3.8, 4) is 0 Å². The molecule has 0 radical (unpaired) electrons. The van der Waals surface area contributed by atoms with Crippen LogP contribution < -0.4 is 5.56 Å². The van der Waals surface area contributed by atoms with Crippen LogP contribution in [0.25, 0.3) is 0 Å². The quantitative estimate of drug-likeness (QED) is 0.926. The van der Waals surface area contributed by atoms with E-state index in [-0.39, 0.29) is 23.7 Å². The van der Waals surface area contributed by atoms with E-state index in [1.807, 2.05) is 20.8 Å². The Labute approximate surface area is 115 Å². The Morgan fingerprint density at radius 2 is 2.00 bits per heavy atom. The average Bonchev–Trinajstić information content (AvgIpc) is 2.24. The van der Waals surface area contributed by atoms with Crippen molar-refractivity contribution < 1.29 is 9.47 Å². The second-order valence-corrected chi connectivity index (χ2v) is 5.92. The van der Waals surface area contributed by atoms with Crippen LogP contribution in [0.2, 0.25) is 0 Å². The highest BCUT2D eigenvalue weighted by Crippen LogP contribution is 2.33. The van der Waals surface area contributed by atoms with Gasteiger partial charge in [0, 0.05) is 14.2 Å². The van der Waals surface area contributed by atoms with Crippen molar-refractivity contribution >= 4 is 15.9 Å². The summed E-state index contributed by atoms with van der Waals surface area (Å²) >= 11 is 3.21. The van der Waals surface area contributed by atoms with Crippen LogP contribution in [0.3, 0.4) is 0 Å². The minimum absolute atomic E-state index is 0.164. The van der Waals surface area contributed by atoms with Gasteiger partial charge in [0.15, 0.2) is 0 Å². The van der Waals surface area contributed by atoms with Gasteiger partial charge in [-0.25, -0.2) is 4.98 Å². The van der Waals surface area contributed by atoms with Crippen molar-refractivity contribution in [3.63, 3.8) is 0 Å². The van der Waals surface area contributed by atoms with Gasteiger partial charge >= 0.3 is 0 Å². The van der Waals surface area contributed by atoms with Crippen LogP contribution in [0, 0.1) is 5.41 Å². The molecule has 0 aliphatic carbocycles. The summed E-state index contributed by atoms with van der Waals surface area (Å²) in [5.74, 6) is 0.519. The first kappa shape index (κ1) is 15.3. The minimum Gasteiger partial charge on any atom is -0.378 e. The molecule has 1 aromatic rings. The van der Waals surface area contributed by atoms with E-state index in [1.165, 1.54) is 0 Å². The molecule has 0 aromatic carbocycles. The third-order valence-corrected chi connectivity index (χ3v) is 3.32. The Hall–Kier alpha value is -0.720. The Kier molecular flexibility index (Phi) is 5.07. The SMILES string of the molecule is COCc1nc(C(OC)C(C)(C)C)[nH]c(=O)c1Br. The van der Waals surface area contributed by atoms with Crippen molar-refractivity contribution in [1.82, 2.24) is 9.97 Å². The standard InChI is InChI=1S/C12H19BrN2O3/c1-12(2,3)9(18-5)10-14-7(6-17-4)8(13)11(16)15-10/h9H,6H2,1-5H3,(H,14,15,16). The summed E-state index contributed by atoms with van der Waals surface area (Å²) in [7, 11) is 3.17. The summed E-state index contributed by atoms with van der Waals surface area (Å²) in [5, 5.41) is 0. The number of aromatic nitrogens is 2. The molecule has 0 fully saturated rings. The Bertz CT molecular complexity index is 465. The van der Waals surface area contributed by atoms with Crippen LogP contribution in [-0.2, 0) is 16.1 Å². The second-order valence-electron chi connectivity index (χ2n) is 5.13. The van der Waals surface area contributed by atoms with Gasteiger partial charge in [-0.1, -0.05) is 20.8 Å². The molecule has 18 heavy (non-hydrogen) atoms. The molecule has 0 aliphatic rings. The number of ether oxygens (including phenoxy) is 2. The zero-order chi connectivity index (χ0) is 13.9. The van der Waals surface area contributed by atoms with E-state index >= 15 is 0 Å². The monoisotopic (exact) mass is 318 g/mol. The van der Waals surface area contributed by atoms with Gasteiger partial charge in [0.2, 0.25) is 0 Å². The summed E-state index contributed by atoms with van der Waals surface area (Å²) in [5.41, 5.74) is 0.184. The minimum atomic E-state index is -0.283. The highest BCUT2D eigenvalue weighted by molar-refractivity contribution is 9.10. The Morgan fingerprint density at radius 3 is 2.44 bits per heavy atom. The third-order valence-electron chi connectivity index (χ3n) is 2.50. The van der Waals surface area contributed by atoms with E-state index in [0.717, 1.165) is 0 Å². The van der Waals surface area contributed by atoms with Crippen molar-refractivity contribution in [2.45, 2.75) is 33.5 Å². The fourth-order valence-electron chi connectivity index (χ4n) is 1.76. The zero-order valence-corrected chi connectivity index (χ0v) is 12.9. The molecule has 102 valence electrons. The first-order chi connectivity index (χ1) is 8.31. The maximum Gasteiger partial charge on any atom is 0.265 e. The molecule has 1 unspecified atom stereocenters. The highest BCUT2D eigenvalue weighted by atomic mass is 79.9. The van der Waals surface area contributed by atoms with Gasteiger partial charge in [-0.3, -0.25) is 4.79 Å². The van der Waals surface area contributed by atoms with Gasteiger partial charge in [0.1, 0.15) is 16.4 Å². The van der Waals surface area contributed by atoms with E-state index in [9.17, 15) is 4.79 Å². The van der Waals surface area contributed by atoms with Gasteiger partial charge in [0.05, 0.1) is 12.3 Å². The fraction of sp³-hybridized carbons (Fsp3) is 0.667. The predicted octanol–water partition coefficient (Wildman–Crippen LogP) is 2.41. The number of methoxy groups -OCH3 is 2. The maximum atomic E-state index is 11.8. The highest BCUT2D eigenvalue weighted by Gasteiger charge is 2.29. The van der Waals surface area contributed by atoms with Crippen molar-refractivity contribution in [1.29, 1.82) is 0 Å². The van der Waals surface area contributed by atoms with Crippen molar-refractivity contribution in [2.75, 3.05) is 14.2 Å². The third kappa shape index (κ3) is 3.40. The topological polar surface area (TPSA) is 64.2 Å². The molecular weight excluding hydrogens is 300 g/mol. The van der Waals surface area contributed by atoms with Crippen LogP contribution >= 0.6 is 15.9 Å². The molecule has 0 saturated heterocycles. The van der Waals surface area contributed by atoms with Gasteiger partial charge in [-0.2, -0.15) is 0 Å². The molecule has 0 bridgehead atoms. The first-order valence-electron chi connectivity index (χ1n) is 5.61. The molecule has 1 rings (SSSR count). The number of H-pyrrole nitrogens is 1. The van der Waals surface area contributed by atoms with Crippen LogP contribution in [0.15, 0.2) is 9.27 Å². The van der Waals surface area contributed by atoms with Gasteiger partial charge in [0.25, 0.3) is 5.56 Å². The summed E-state index contributed by atoms with van der Waals surface area (Å²) in [6.07, 6.45) is -0.283. The van der Waals surface area contributed by atoms with E-state index in [0.29, 0.717) is 16.0 Å². The van der Waals surface area contributed by atoms with Gasteiger partial charge in [-0.05, 0) is 21.3 Å². The molecule has 0 saturated carbocycles. The first-order valence-corrected chi connectivity index (χ1v) is 6.41. The number of halogens is 1. The molecule has 1 atom stereocenters. The lowest BCUT2D eigenvalue weighted by molar-refractivity contribution is 0.00802. The summed E-state index contributed by atoms with van der Waals surface area (Å²) in [6.45, 7) is 6.36. The lowest BCUT2D eigenvalue weighted by Crippen LogP contribution is -2.26. The molecule has 1 N–H and O–H groups in total. The molecule has 0 amide bonds. The summed E-state index contributed by atoms with van der Waals surface area (Å²) < 4.78 is 10.9. The number of nitrogens with zero attached hydrogens (tertiary/aromatic N) is 1. The number of aromatic amines is 1. The fourth-order valence-corrected chi connectivity index (χ4v) is 2.06. The van der Waals surface area contributed by atoms with E-state index in [2.05, 4.69) is 25.9 Å². The number of rotatable bonds is 4. The van der Waals surface area contributed by atoms with Crippen LogP contribution in [0.5, 0.6) is 0 Å². The molecule has 5 nitrogen and oxygen atoms in total. The molecule has 6 heteroatoms. The Balaban J connectivity index is 3.29. The average molecular weight is 319 g/mol. The molecular formula is C12H19BrN2O3. The normalized spacial score (nSPS) is 13.7. The van der Waals surface area contributed by atoms with Crippen LogP contribution in [0.1, 0.15) is 38.4 Å². The van der Waals surface area contributed by atoms with Gasteiger partial charge < -0.3 is 14.5 Å². The molecule has 1 aromatic heterocycles. The predicted molar refractivity (Wildman–Crippen MR) is 72.5 cm³/mol. The summed E-state index contributed by atoms with van der Waals surface area (Å²) in [4.78, 5) is 19.0. The number of hydrogen-bond donors (Lipinski definition) is 1. The lowest BCUT2D eigenvalue weighted by Gasteiger charge is -2.28. The second kappa shape index (κ2) is 5.95. The lowest BCUT2D eigenvalue weighted by atomic mass is 9.88. The zero-order valence-electron chi connectivity index (χ0n) is 11.3. The Morgan fingerprint density at radius 1 is 1.39 bits per heavy atom. The van der Waals surface area contributed by atoms with Crippen molar-refractivity contribution in [2.24, 2.45) is 5.41 Å². The summed E-state index contributed by atoms with van der Waals surface area (Å²) in [6, 6.07) is 0. The van der Waals surface area contributed by atoms with E-state index in [1.54, 1.807) is 14.2 Å².